The number of fused-ring (bicyclic) bond motifs is 2. The van der Waals surface area contributed by atoms with Crippen molar-refractivity contribution in [2.24, 2.45) is 0 Å². The van der Waals surface area contributed by atoms with Crippen molar-refractivity contribution in [2.45, 2.75) is 50.3 Å². The Morgan fingerprint density at radius 1 is 1.12 bits per heavy atom. The Hall–Kier alpha value is -0.334. The van der Waals surface area contributed by atoms with E-state index in [0.717, 1.165) is 54.4 Å². The number of urea groups is 1. The van der Waals surface area contributed by atoms with Gasteiger partial charge in [-0.2, -0.15) is 0 Å². The second-order valence-corrected chi connectivity index (χ2v) is 11.3. The Kier molecular flexibility index (Phi) is 7.83. The van der Waals surface area contributed by atoms with E-state index in [2.05, 4.69) is 37.0 Å². The standard InChI is InChI=1S/C22H25BrN4O3S.K/c23-21-16(6-3-9-24-21)11-27-12-17(13-27)31(29,30)26-22(28)25-20-18-7-1-4-14(18)10-15-5-2-8-19(15)20;/h3,6,9-10,17H,1-2,4-5,7-8,11-13H2,(H2,25,26,28);. The molecule has 5 rings (SSSR count). The van der Waals surface area contributed by atoms with E-state index in [4.69, 9.17) is 0 Å². The molecule has 0 unspecified atom stereocenters. The topological polar surface area (TPSA) is 91.4 Å². The van der Waals surface area contributed by atoms with Gasteiger partial charge in [-0.3, -0.25) is 4.90 Å². The number of nitrogens with one attached hydrogen (secondary N) is 2. The smallest absolute Gasteiger partial charge is 0.307 e. The summed E-state index contributed by atoms with van der Waals surface area (Å²) in [5, 5.41) is 2.31. The van der Waals surface area contributed by atoms with Gasteiger partial charge in [0, 0.05) is 82.9 Å². The van der Waals surface area contributed by atoms with Crippen molar-refractivity contribution in [3.8, 4) is 0 Å². The van der Waals surface area contributed by atoms with Gasteiger partial charge in [-0.1, -0.05) is 12.1 Å². The van der Waals surface area contributed by atoms with Crippen LogP contribution in [0.15, 0.2) is 29.0 Å². The molecule has 3 aliphatic rings. The number of anilines is 1. The summed E-state index contributed by atoms with van der Waals surface area (Å²) in [4.78, 5) is 18.9. The van der Waals surface area contributed by atoms with Crippen molar-refractivity contribution < 1.29 is 13.2 Å². The molecule has 0 bridgehead atoms. The molecule has 165 valence electrons. The third-order valence-corrected chi connectivity index (χ3v) is 8.90. The fraction of sp³-hybridized carbons (Fsp3) is 0.455. The summed E-state index contributed by atoms with van der Waals surface area (Å²) < 4.78 is 28.5. The number of pyridine rings is 1. The van der Waals surface area contributed by atoms with Gasteiger partial charge >= 0.3 is 6.03 Å². The van der Waals surface area contributed by atoms with Gasteiger partial charge in [0.1, 0.15) is 9.85 Å². The third-order valence-electron chi connectivity index (χ3n) is 6.54. The van der Waals surface area contributed by atoms with Gasteiger partial charge in [0.15, 0.2) is 0 Å². The van der Waals surface area contributed by atoms with Crippen molar-refractivity contribution in [3.63, 3.8) is 0 Å². The SMILES string of the molecule is O=C(Nc1c2c(cc3c1CCC3)CCC2)NS(=O)(=O)C1CN(Cc2cccnc2Br)C1.[K]. The summed E-state index contributed by atoms with van der Waals surface area (Å²) in [5.41, 5.74) is 6.84. The number of amides is 2. The molecule has 0 saturated carbocycles. The van der Waals surface area contributed by atoms with Crippen LogP contribution in [0.1, 0.15) is 40.7 Å². The fourth-order valence-electron chi connectivity index (χ4n) is 4.94. The van der Waals surface area contributed by atoms with Crippen molar-refractivity contribution in [1.82, 2.24) is 14.6 Å². The molecule has 1 aliphatic heterocycles. The maximum atomic E-state index is 12.7. The number of rotatable bonds is 5. The first-order chi connectivity index (χ1) is 14.9. The maximum Gasteiger partial charge on any atom is 0.332 e. The van der Waals surface area contributed by atoms with Crippen LogP contribution in [0.2, 0.25) is 0 Å². The summed E-state index contributed by atoms with van der Waals surface area (Å²) in [6.07, 6.45) is 7.80. The van der Waals surface area contributed by atoms with E-state index >= 15 is 0 Å². The third kappa shape index (κ3) is 5.02. The molecule has 1 aromatic carbocycles. The molecule has 0 spiro atoms. The van der Waals surface area contributed by atoms with Crippen LogP contribution >= 0.6 is 15.9 Å². The minimum Gasteiger partial charge on any atom is -0.307 e. The number of sulfonamides is 1. The van der Waals surface area contributed by atoms with Crippen LogP contribution in [0.4, 0.5) is 10.5 Å². The Morgan fingerprint density at radius 3 is 2.41 bits per heavy atom. The molecule has 1 radical (unpaired) electrons. The van der Waals surface area contributed by atoms with Crippen molar-refractivity contribution >= 4 is 89.1 Å². The normalized spacial score (nSPS) is 17.8. The predicted molar refractivity (Wildman–Crippen MR) is 128 cm³/mol. The van der Waals surface area contributed by atoms with Crippen LogP contribution in [-0.2, 0) is 42.3 Å². The van der Waals surface area contributed by atoms with Gasteiger partial charge in [0.25, 0.3) is 0 Å². The zero-order chi connectivity index (χ0) is 21.6. The average Bonchev–Trinajstić information content (AvgIpc) is 3.34. The number of carbonyl (C=O) groups excluding carboxylic acids is 1. The first kappa shape index (κ1) is 24.8. The van der Waals surface area contributed by atoms with E-state index in [0.29, 0.717) is 19.6 Å². The van der Waals surface area contributed by atoms with Crippen LogP contribution in [0, 0.1) is 0 Å². The van der Waals surface area contributed by atoms with Crippen molar-refractivity contribution in [2.75, 3.05) is 18.4 Å². The van der Waals surface area contributed by atoms with E-state index < -0.39 is 21.3 Å². The van der Waals surface area contributed by atoms with Gasteiger partial charge in [0.2, 0.25) is 10.0 Å². The minimum atomic E-state index is -3.74. The number of nitrogens with zero attached hydrogens (tertiary/aromatic N) is 2. The van der Waals surface area contributed by atoms with E-state index in [1.165, 1.54) is 22.3 Å². The van der Waals surface area contributed by atoms with Crippen LogP contribution in [0.25, 0.3) is 0 Å². The van der Waals surface area contributed by atoms with E-state index in [-0.39, 0.29) is 51.4 Å². The zero-order valence-corrected chi connectivity index (χ0v) is 23.7. The maximum absolute atomic E-state index is 12.7. The van der Waals surface area contributed by atoms with Crippen LogP contribution in [0.5, 0.6) is 0 Å². The van der Waals surface area contributed by atoms with Crippen molar-refractivity contribution in [1.29, 1.82) is 0 Å². The number of hydrogen-bond donors (Lipinski definition) is 2. The summed E-state index contributed by atoms with van der Waals surface area (Å²) in [6.45, 7) is 1.40. The molecule has 0 atom stereocenters. The molecule has 1 aromatic heterocycles. The fourth-order valence-corrected chi connectivity index (χ4v) is 6.61. The van der Waals surface area contributed by atoms with Crippen LogP contribution < -0.4 is 10.0 Å². The summed E-state index contributed by atoms with van der Waals surface area (Å²) in [7, 11) is -3.74. The summed E-state index contributed by atoms with van der Waals surface area (Å²) >= 11 is 3.42. The first-order valence-electron chi connectivity index (χ1n) is 10.7. The molecule has 1 fully saturated rings. The second kappa shape index (κ2) is 10.1. The summed E-state index contributed by atoms with van der Waals surface area (Å²) in [5.74, 6) is 0. The average molecular weight is 545 g/mol. The Labute approximate surface area is 239 Å². The number of halogens is 1. The molecule has 2 N–H and O–H groups in total. The van der Waals surface area contributed by atoms with Gasteiger partial charge in [-0.15, -0.1) is 0 Å². The largest absolute Gasteiger partial charge is 0.332 e. The predicted octanol–water partition coefficient (Wildman–Crippen LogP) is 2.78. The number of hydrogen-bond acceptors (Lipinski definition) is 5. The van der Waals surface area contributed by atoms with Crippen molar-refractivity contribution in [3.05, 3.63) is 56.8 Å². The molecule has 7 nitrogen and oxygen atoms in total. The molecular weight excluding hydrogens is 519 g/mol. The number of aryl methyl sites for hydroxylation is 2. The number of likely N-dealkylation sites (tertiary alicyclic amines) is 1. The van der Waals surface area contributed by atoms with Gasteiger partial charge in [0.05, 0.1) is 0 Å². The molecule has 2 heterocycles. The molecule has 2 aliphatic carbocycles. The first-order valence-corrected chi connectivity index (χ1v) is 13.1. The number of carbonyl (C=O) groups is 1. The summed E-state index contributed by atoms with van der Waals surface area (Å²) in [6, 6.07) is 5.45. The number of aromatic nitrogens is 1. The Morgan fingerprint density at radius 2 is 1.78 bits per heavy atom. The second-order valence-electron chi connectivity index (χ2n) is 8.60. The zero-order valence-electron chi connectivity index (χ0n) is 18.2. The monoisotopic (exact) mass is 543 g/mol. The molecule has 10 heteroatoms. The Balaban J connectivity index is 0.00000245. The van der Waals surface area contributed by atoms with Crippen LogP contribution in [-0.4, -0.2) is 94.1 Å². The minimum absolute atomic E-state index is 0. The van der Waals surface area contributed by atoms with E-state index in [1.54, 1.807) is 6.20 Å². The Bertz CT molecular complexity index is 1120. The van der Waals surface area contributed by atoms with Gasteiger partial charge < -0.3 is 5.32 Å². The van der Waals surface area contributed by atoms with E-state index in [1.807, 2.05) is 17.0 Å². The molecule has 2 amide bonds. The van der Waals surface area contributed by atoms with E-state index in [9.17, 15) is 13.2 Å². The number of benzene rings is 1. The quantitative estimate of drug-likeness (QED) is 0.447. The van der Waals surface area contributed by atoms with Crippen LogP contribution in [0.3, 0.4) is 0 Å². The molecule has 32 heavy (non-hydrogen) atoms. The molecule has 2 aromatic rings. The molecule has 1 saturated heterocycles. The van der Waals surface area contributed by atoms with Gasteiger partial charge in [-0.05, 0) is 88.3 Å². The molecular formula is C22H25BrKN4O3S. The van der Waals surface area contributed by atoms with Gasteiger partial charge in [-0.25, -0.2) is 22.9 Å².